The zero-order chi connectivity index (χ0) is 29.9. The number of rotatable bonds is 7. The molecule has 0 saturated heterocycles. The van der Waals surface area contributed by atoms with Crippen molar-refractivity contribution in [3.05, 3.63) is 118 Å². The summed E-state index contributed by atoms with van der Waals surface area (Å²) in [4.78, 5) is 38.3. The molecule has 7 nitrogen and oxygen atoms in total. The van der Waals surface area contributed by atoms with Gasteiger partial charge in [0.1, 0.15) is 0 Å². The maximum Gasteiger partial charge on any atom is 0.471 e. The third-order valence-corrected chi connectivity index (χ3v) is 7.53. The Kier molecular flexibility index (Phi) is 8.33. The largest absolute Gasteiger partial charge is 0.471 e. The lowest BCUT2D eigenvalue weighted by molar-refractivity contribution is -0.185. The molecule has 1 atom stereocenters. The van der Waals surface area contributed by atoms with Gasteiger partial charge in [0.25, 0.3) is 0 Å². The minimum Gasteiger partial charge on any atom is -0.466 e. The zero-order valence-electron chi connectivity index (χ0n) is 23.0. The number of alkyl halides is 3. The third-order valence-electron chi connectivity index (χ3n) is 7.53. The fourth-order valence-electron chi connectivity index (χ4n) is 5.38. The van der Waals surface area contributed by atoms with Crippen LogP contribution in [0, 0.1) is 0 Å². The first kappa shape index (κ1) is 28.9. The molecule has 1 unspecified atom stereocenters. The van der Waals surface area contributed by atoms with Gasteiger partial charge in [-0.25, -0.2) is 4.79 Å². The smallest absolute Gasteiger partial charge is 0.466 e. The number of esters is 1. The molecular formula is C32H30F3N3O4. The van der Waals surface area contributed by atoms with Crippen LogP contribution in [0.5, 0.6) is 0 Å². The predicted octanol–water partition coefficient (Wildman–Crippen LogP) is 5.20. The van der Waals surface area contributed by atoms with Crippen molar-refractivity contribution in [2.24, 2.45) is 0 Å². The maximum atomic E-state index is 13.4. The molecule has 0 N–H and O–H groups in total. The van der Waals surface area contributed by atoms with Crippen molar-refractivity contribution in [3.8, 4) is 11.4 Å². The number of amides is 1. The molecule has 1 aliphatic rings. The fourth-order valence-corrected chi connectivity index (χ4v) is 5.38. The Morgan fingerprint density at radius 3 is 2.07 bits per heavy atom. The van der Waals surface area contributed by atoms with E-state index in [1.807, 2.05) is 54.6 Å². The Bertz CT molecular complexity index is 1630. The number of carbonyl (C=O) groups excluding carboxylic acids is 2. The second-order valence-corrected chi connectivity index (χ2v) is 10.1. The lowest BCUT2D eigenvalue weighted by atomic mass is 9.88. The van der Waals surface area contributed by atoms with E-state index in [1.165, 1.54) is 9.13 Å². The molecule has 0 fully saturated rings. The van der Waals surface area contributed by atoms with Crippen molar-refractivity contribution in [2.75, 3.05) is 19.7 Å². The van der Waals surface area contributed by atoms with Gasteiger partial charge in [0.05, 0.1) is 24.4 Å². The van der Waals surface area contributed by atoms with Crippen LogP contribution in [0.25, 0.3) is 11.4 Å². The van der Waals surface area contributed by atoms with Gasteiger partial charge in [-0.15, -0.1) is 0 Å². The van der Waals surface area contributed by atoms with Crippen molar-refractivity contribution in [1.29, 1.82) is 0 Å². The average Bonchev–Trinajstić information content (AvgIpc) is 3.24. The van der Waals surface area contributed by atoms with Crippen molar-refractivity contribution in [3.63, 3.8) is 0 Å². The van der Waals surface area contributed by atoms with Crippen molar-refractivity contribution in [1.82, 2.24) is 14.0 Å². The van der Waals surface area contributed by atoms with E-state index >= 15 is 0 Å². The summed E-state index contributed by atoms with van der Waals surface area (Å²) in [5.74, 6) is -2.32. The van der Waals surface area contributed by atoms with Gasteiger partial charge in [-0.2, -0.15) is 13.2 Å². The molecule has 218 valence electrons. The van der Waals surface area contributed by atoms with Gasteiger partial charge in [0.2, 0.25) is 0 Å². The number of ether oxygens (including phenoxy) is 1. The van der Waals surface area contributed by atoms with Crippen LogP contribution >= 0.6 is 0 Å². The number of halogens is 3. The average molecular weight is 578 g/mol. The Hall–Kier alpha value is -4.60. The van der Waals surface area contributed by atoms with Crippen LogP contribution in [0.3, 0.4) is 0 Å². The van der Waals surface area contributed by atoms with E-state index in [1.54, 1.807) is 37.5 Å². The van der Waals surface area contributed by atoms with E-state index < -0.39 is 12.1 Å². The van der Waals surface area contributed by atoms with Crippen LogP contribution in [0.4, 0.5) is 13.2 Å². The number of nitrogens with zero attached hydrogens (tertiary/aromatic N) is 3. The molecule has 0 bridgehead atoms. The molecule has 2 heterocycles. The summed E-state index contributed by atoms with van der Waals surface area (Å²) in [6.07, 6.45) is -0.856. The maximum absolute atomic E-state index is 13.4. The molecule has 1 amide bonds. The number of hydrogen-bond donors (Lipinski definition) is 0. The lowest BCUT2D eigenvalue weighted by Crippen LogP contribution is -2.42. The molecule has 4 aromatic rings. The zero-order valence-corrected chi connectivity index (χ0v) is 23.0. The molecule has 10 heteroatoms. The topological polar surface area (TPSA) is 73.5 Å². The van der Waals surface area contributed by atoms with E-state index in [4.69, 9.17) is 4.74 Å². The minimum atomic E-state index is -4.90. The predicted molar refractivity (Wildman–Crippen MR) is 151 cm³/mol. The number of benzene rings is 3. The third kappa shape index (κ3) is 6.17. The van der Waals surface area contributed by atoms with Crippen LogP contribution in [-0.4, -0.2) is 51.8 Å². The van der Waals surface area contributed by atoms with Crippen LogP contribution in [0.2, 0.25) is 0 Å². The highest BCUT2D eigenvalue weighted by Crippen LogP contribution is 2.29. The second-order valence-electron chi connectivity index (χ2n) is 10.1. The first-order valence-corrected chi connectivity index (χ1v) is 13.7. The summed E-state index contributed by atoms with van der Waals surface area (Å²) in [7, 11) is 0. The molecule has 3 aromatic carbocycles. The highest BCUT2D eigenvalue weighted by atomic mass is 19.4. The minimum absolute atomic E-state index is 0.0120. The van der Waals surface area contributed by atoms with Gasteiger partial charge >= 0.3 is 23.7 Å². The first-order chi connectivity index (χ1) is 20.2. The van der Waals surface area contributed by atoms with Gasteiger partial charge in [-0.1, -0.05) is 48.5 Å². The quantitative estimate of drug-likeness (QED) is 0.283. The van der Waals surface area contributed by atoms with Crippen LogP contribution < -0.4 is 5.69 Å². The van der Waals surface area contributed by atoms with Gasteiger partial charge in [0, 0.05) is 31.4 Å². The number of hydrogen-bond acceptors (Lipinski definition) is 4. The molecule has 0 aliphatic carbocycles. The summed E-state index contributed by atoms with van der Waals surface area (Å²) in [5, 5.41) is 0. The SMILES string of the molecule is CCOC(=O)CC(c1ccccc1)c1ccc(-n2ccn(-c3ccc4c(c3)CCN(C(=O)C(F)(F)F)CC4)c2=O)cc1. The number of carbonyl (C=O) groups is 2. The van der Waals surface area contributed by atoms with E-state index in [9.17, 15) is 27.6 Å². The summed E-state index contributed by atoms with van der Waals surface area (Å²) >= 11 is 0. The van der Waals surface area contributed by atoms with E-state index in [0.717, 1.165) is 27.2 Å². The number of fused-ring (bicyclic) bond motifs is 1. The van der Waals surface area contributed by atoms with Gasteiger partial charge in [0.15, 0.2) is 0 Å². The van der Waals surface area contributed by atoms with Crippen LogP contribution in [-0.2, 0) is 27.2 Å². The summed E-state index contributed by atoms with van der Waals surface area (Å²) in [6.45, 7) is 2.02. The van der Waals surface area contributed by atoms with Crippen molar-refractivity contribution < 1.29 is 27.5 Å². The number of imidazole rings is 1. The van der Waals surface area contributed by atoms with E-state index in [0.29, 0.717) is 24.4 Å². The Balaban J connectivity index is 1.37. The highest BCUT2D eigenvalue weighted by Gasteiger charge is 2.42. The molecule has 5 rings (SSSR count). The first-order valence-electron chi connectivity index (χ1n) is 13.7. The van der Waals surface area contributed by atoms with Gasteiger partial charge in [-0.3, -0.25) is 18.7 Å². The Morgan fingerprint density at radius 2 is 1.43 bits per heavy atom. The monoisotopic (exact) mass is 577 g/mol. The Labute approximate surface area is 240 Å². The fraction of sp³-hybridized carbons (Fsp3) is 0.281. The summed E-state index contributed by atoms with van der Waals surface area (Å²) in [5.41, 5.74) is 4.48. The molecule has 0 spiro atoms. The summed E-state index contributed by atoms with van der Waals surface area (Å²) in [6, 6.07) is 22.5. The molecule has 1 aliphatic heterocycles. The molecule has 0 radical (unpaired) electrons. The number of aromatic nitrogens is 2. The van der Waals surface area contributed by atoms with Crippen LogP contribution in [0.1, 0.15) is 41.5 Å². The normalized spacial score (nSPS) is 14.1. The second kappa shape index (κ2) is 12.1. The highest BCUT2D eigenvalue weighted by molar-refractivity contribution is 5.82. The molecular weight excluding hydrogens is 547 g/mol. The lowest BCUT2D eigenvalue weighted by Gasteiger charge is -2.21. The van der Waals surface area contributed by atoms with E-state index in [-0.39, 0.29) is 43.5 Å². The van der Waals surface area contributed by atoms with E-state index in [2.05, 4.69) is 0 Å². The van der Waals surface area contributed by atoms with Crippen molar-refractivity contribution in [2.45, 2.75) is 38.3 Å². The standard InChI is InChI=1S/C32H30F3N3O4/c1-2-42-29(39)21-28(23-6-4-3-5-7-23)24-9-11-26(12-10-24)37-18-19-38(31(37)41)27-13-8-22-14-16-36(17-15-25(22)20-27)30(40)32(33,34)35/h3-13,18-20,28H,2,14-17,21H2,1H3. The van der Waals surface area contributed by atoms with Crippen molar-refractivity contribution >= 4 is 11.9 Å². The van der Waals surface area contributed by atoms with Gasteiger partial charge in [-0.05, 0) is 66.3 Å². The molecule has 42 heavy (non-hydrogen) atoms. The summed E-state index contributed by atoms with van der Waals surface area (Å²) < 4.78 is 47.0. The Morgan fingerprint density at radius 1 is 0.833 bits per heavy atom. The molecule has 1 aromatic heterocycles. The van der Waals surface area contributed by atoms with Gasteiger partial charge < -0.3 is 9.64 Å². The van der Waals surface area contributed by atoms with Crippen LogP contribution in [0.15, 0.2) is 90.0 Å². The molecule has 0 saturated carbocycles.